The summed E-state index contributed by atoms with van der Waals surface area (Å²) >= 11 is 6.25. The van der Waals surface area contributed by atoms with Crippen molar-refractivity contribution in [1.82, 2.24) is 20.5 Å². The quantitative estimate of drug-likeness (QED) is 0.340. The number of aromatic amines is 1. The Hall–Kier alpha value is -4.03. The van der Waals surface area contributed by atoms with Gasteiger partial charge < -0.3 is 5.32 Å². The van der Waals surface area contributed by atoms with Gasteiger partial charge in [-0.15, -0.1) is 0 Å². The lowest BCUT2D eigenvalue weighted by molar-refractivity contribution is 0.0952. The SMILES string of the molecule is O=C(NCc1ccccc1Cl)c1cc(-c2ccccc2)nc2n[nH]c(-c3ccc(F)cc3)c12. The largest absolute Gasteiger partial charge is 0.348 e. The topological polar surface area (TPSA) is 70.7 Å². The number of benzene rings is 3. The fraction of sp³-hybridized carbons (Fsp3) is 0.0385. The molecule has 0 saturated heterocycles. The molecule has 0 radical (unpaired) electrons. The Kier molecular flexibility index (Phi) is 5.59. The molecule has 0 unspecified atom stereocenters. The van der Waals surface area contributed by atoms with Crippen molar-refractivity contribution in [3.05, 3.63) is 107 Å². The summed E-state index contributed by atoms with van der Waals surface area (Å²) in [6.07, 6.45) is 0. The fourth-order valence-corrected chi connectivity index (χ4v) is 3.90. The van der Waals surface area contributed by atoms with Crippen molar-refractivity contribution in [3.8, 4) is 22.5 Å². The number of pyridine rings is 1. The minimum atomic E-state index is -0.343. The molecule has 0 aliphatic rings. The summed E-state index contributed by atoms with van der Waals surface area (Å²) in [7, 11) is 0. The van der Waals surface area contributed by atoms with Gasteiger partial charge in [-0.1, -0.05) is 60.1 Å². The monoisotopic (exact) mass is 456 g/mol. The minimum absolute atomic E-state index is 0.271. The fourth-order valence-electron chi connectivity index (χ4n) is 3.70. The third-order valence-corrected chi connectivity index (χ3v) is 5.74. The molecule has 162 valence electrons. The van der Waals surface area contributed by atoms with Crippen molar-refractivity contribution < 1.29 is 9.18 Å². The van der Waals surface area contributed by atoms with E-state index in [1.54, 1.807) is 24.3 Å². The molecule has 3 aromatic carbocycles. The summed E-state index contributed by atoms with van der Waals surface area (Å²) in [5, 5.41) is 11.4. The van der Waals surface area contributed by atoms with Gasteiger partial charge >= 0.3 is 0 Å². The van der Waals surface area contributed by atoms with E-state index in [1.165, 1.54) is 12.1 Å². The first kappa shape index (κ1) is 20.8. The molecule has 1 amide bonds. The van der Waals surface area contributed by atoms with E-state index in [1.807, 2.05) is 48.5 Å². The van der Waals surface area contributed by atoms with E-state index in [2.05, 4.69) is 20.5 Å². The summed E-state index contributed by atoms with van der Waals surface area (Å²) in [6.45, 7) is 0.271. The van der Waals surface area contributed by atoms with Crippen LogP contribution >= 0.6 is 11.6 Å². The van der Waals surface area contributed by atoms with Crippen molar-refractivity contribution in [2.45, 2.75) is 6.54 Å². The third kappa shape index (κ3) is 4.21. The van der Waals surface area contributed by atoms with Gasteiger partial charge in [-0.05, 0) is 42.0 Å². The number of hydrogen-bond acceptors (Lipinski definition) is 3. The Morgan fingerprint density at radius 1 is 0.939 bits per heavy atom. The molecule has 2 aromatic heterocycles. The highest BCUT2D eigenvalue weighted by atomic mass is 35.5. The normalized spacial score (nSPS) is 11.0. The lowest BCUT2D eigenvalue weighted by Crippen LogP contribution is -2.23. The Labute approximate surface area is 194 Å². The zero-order valence-corrected chi connectivity index (χ0v) is 18.1. The van der Waals surface area contributed by atoms with Crippen LogP contribution < -0.4 is 5.32 Å². The van der Waals surface area contributed by atoms with Crippen molar-refractivity contribution >= 4 is 28.5 Å². The second-order valence-electron chi connectivity index (χ2n) is 7.50. The van der Waals surface area contributed by atoms with E-state index in [0.717, 1.165) is 11.1 Å². The van der Waals surface area contributed by atoms with Crippen LogP contribution in [0.3, 0.4) is 0 Å². The van der Waals surface area contributed by atoms with Gasteiger partial charge in [-0.3, -0.25) is 9.89 Å². The number of aromatic nitrogens is 3. The summed E-state index contributed by atoms with van der Waals surface area (Å²) in [5.74, 6) is -0.631. The number of fused-ring (bicyclic) bond motifs is 1. The smallest absolute Gasteiger partial charge is 0.252 e. The molecule has 0 saturated carbocycles. The van der Waals surface area contributed by atoms with Gasteiger partial charge in [0, 0.05) is 22.7 Å². The van der Waals surface area contributed by atoms with E-state index in [0.29, 0.717) is 38.6 Å². The van der Waals surface area contributed by atoms with Crippen molar-refractivity contribution in [2.24, 2.45) is 0 Å². The zero-order chi connectivity index (χ0) is 22.8. The highest BCUT2D eigenvalue weighted by Crippen LogP contribution is 2.31. The van der Waals surface area contributed by atoms with Crippen LogP contribution in [0.4, 0.5) is 4.39 Å². The summed E-state index contributed by atoms with van der Waals surface area (Å²) in [6, 6.07) is 24.7. The number of rotatable bonds is 5. The first-order valence-electron chi connectivity index (χ1n) is 10.3. The number of H-pyrrole nitrogens is 1. The molecule has 0 spiro atoms. The second-order valence-corrected chi connectivity index (χ2v) is 7.91. The Morgan fingerprint density at radius 2 is 1.67 bits per heavy atom. The van der Waals surface area contributed by atoms with Gasteiger partial charge in [0.2, 0.25) is 0 Å². The summed E-state index contributed by atoms with van der Waals surface area (Å²) in [5.41, 5.74) is 4.42. The molecule has 2 N–H and O–H groups in total. The van der Waals surface area contributed by atoms with Crippen LogP contribution in [0.25, 0.3) is 33.5 Å². The van der Waals surface area contributed by atoms with Crippen LogP contribution in [0.1, 0.15) is 15.9 Å². The number of amides is 1. The maximum absolute atomic E-state index is 13.5. The Balaban J connectivity index is 1.61. The van der Waals surface area contributed by atoms with Gasteiger partial charge in [0.1, 0.15) is 5.82 Å². The number of hydrogen-bond donors (Lipinski definition) is 2. The van der Waals surface area contributed by atoms with Gasteiger partial charge in [-0.25, -0.2) is 9.37 Å². The zero-order valence-electron chi connectivity index (χ0n) is 17.3. The standard InChI is InChI=1S/C26H18ClFN4O/c27-21-9-5-4-8-18(21)15-29-26(33)20-14-22(16-6-2-1-3-7-16)30-25-23(20)24(31-32-25)17-10-12-19(28)13-11-17/h1-14H,15H2,(H,29,33)(H,30,31,32). The van der Waals surface area contributed by atoms with Crippen LogP contribution in [0.2, 0.25) is 5.02 Å². The average Bonchev–Trinajstić information content (AvgIpc) is 3.28. The molecule has 0 aliphatic heterocycles. The molecule has 2 heterocycles. The van der Waals surface area contributed by atoms with Gasteiger partial charge in [0.05, 0.1) is 22.3 Å². The predicted molar refractivity (Wildman–Crippen MR) is 127 cm³/mol. The van der Waals surface area contributed by atoms with Gasteiger partial charge in [-0.2, -0.15) is 5.10 Å². The van der Waals surface area contributed by atoms with Crippen molar-refractivity contribution in [1.29, 1.82) is 0 Å². The van der Waals surface area contributed by atoms with Crippen LogP contribution in [0, 0.1) is 5.82 Å². The van der Waals surface area contributed by atoms with Gasteiger partial charge in [0.25, 0.3) is 5.91 Å². The molecule has 0 fully saturated rings. The molecule has 5 nitrogen and oxygen atoms in total. The average molecular weight is 457 g/mol. The number of carbonyl (C=O) groups is 1. The molecule has 5 aromatic rings. The Morgan fingerprint density at radius 3 is 2.42 bits per heavy atom. The number of carbonyl (C=O) groups excluding carboxylic acids is 1. The van der Waals surface area contributed by atoms with Crippen LogP contribution in [0.5, 0.6) is 0 Å². The summed E-state index contributed by atoms with van der Waals surface area (Å²) < 4.78 is 13.5. The molecular weight excluding hydrogens is 439 g/mol. The summed E-state index contributed by atoms with van der Waals surface area (Å²) in [4.78, 5) is 18.0. The maximum Gasteiger partial charge on any atom is 0.252 e. The number of nitrogens with zero attached hydrogens (tertiary/aromatic N) is 2. The first-order chi connectivity index (χ1) is 16.1. The van der Waals surface area contributed by atoms with Gasteiger partial charge in [0.15, 0.2) is 5.65 Å². The van der Waals surface area contributed by atoms with Crippen molar-refractivity contribution in [3.63, 3.8) is 0 Å². The molecule has 0 atom stereocenters. The van der Waals surface area contributed by atoms with E-state index in [9.17, 15) is 9.18 Å². The predicted octanol–water partition coefficient (Wildman–Crippen LogP) is 6.01. The molecule has 0 aliphatic carbocycles. The van der Waals surface area contributed by atoms with E-state index < -0.39 is 0 Å². The van der Waals surface area contributed by atoms with Crippen molar-refractivity contribution in [2.75, 3.05) is 0 Å². The molecular formula is C26H18ClFN4O. The molecule has 33 heavy (non-hydrogen) atoms. The van der Waals surface area contributed by atoms with Crippen LogP contribution in [0.15, 0.2) is 84.9 Å². The first-order valence-corrected chi connectivity index (χ1v) is 10.7. The van der Waals surface area contributed by atoms with Crippen LogP contribution in [-0.2, 0) is 6.54 Å². The molecule has 7 heteroatoms. The lowest BCUT2D eigenvalue weighted by atomic mass is 10.0. The molecule has 5 rings (SSSR count). The van der Waals surface area contributed by atoms with E-state index in [4.69, 9.17) is 11.6 Å². The third-order valence-electron chi connectivity index (χ3n) is 5.37. The number of nitrogens with one attached hydrogen (secondary N) is 2. The van der Waals surface area contributed by atoms with E-state index in [-0.39, 0.29) is 18.3 Å². The lowest BCUT2D eigenvalue weighted by Gasteiger charge is -2.10. The highest BCUT2D eigenvalue weighted by Gasteiger charge is 2.20. The Bertz CT molecular complexity index is 1450. The van der Waals surface area contributed by atoms with Crippen LogP contribution in [-0.4, -0.2) is 21.1 Å². The number of halogens is 2. The second kappa shape index (κ2) is 8.84. The maximum atomic E-state index is 13.5. The highest BCUT2D eigenvalue weighted by molar-refractivity contribution is 6.31. The molecule has 0 bridgehead atoms. The van der Waals surface area contributed by atoms with E-state index >= 15 is 0 Å². The minimum Gasteiger partial charge on any atom is -0.348 e.